The molecule has 0 amide bonds. The molecule has 2 saturated heterocycles. The molecule has 1 aromatic carbocycles. The Morgan fingerprint density at radius 2 is 2.18 bits per heavy atom. The first-order valence-corrected chi connectivity index (χ1v) is 10.2. The molecule has 6 nitrogen and oxygen atoms in total. The van der Waals surface area contributed by atoms with Gasteiger partial charge >= 0.3 is 0 Å². The van der Waals surface area contributed by atoms with Gasteiger partial charge in [-0.15, -0.1) is 24.0 Å². The number of likely N-dealkylation sites (tertiary alicyclic amines) is 1. The van der Waals surface area contributed by atoms with E-state index in [1.54, 1.807) is 0 Å². The second-order valence-corrected chi connectivity index (χ2v) is 7.71. The summed E-state index contributed by atoms with van der Waals surface area (Å²) in [6.07, 6.45) is 2.36. The van der Waals surface area contributed by atoms with Gasteiger partial charge in [0.25, 0.3) is 0 Å². The van der Waals surface area contributed by atoms with Gasteiger partial charge in [0.2, 0.25) is 0 Å². The van der Waals surface area contributed by atoms with Crippen LogP contribution in [0.5, 0.6) is 5.75 Å². The van der Waals surface area contributed by atoms with Crippen molar-refractivity contribution in [2.75, 3.05) is 46.4 Å². The molecule has 2 aliphatic heterocycles. The van der Waals surface area contributed by atoms with Crippen molar-refractivity contribution in [2.24, 2.45) is 10.9 Å². The van der Waals surface area contributed by atoms with Gasteiger partial charge in [0.1, 0.15) is 11.9 Å². The fourth-order valence-electron chi connectivity index (χ4n) is 3.63. The van der Waals surface area contributed by atoms with E-state index in [9.17, 15) is 0 Å². The molecule has 2 unspecified atom stereocenters. The van der Waals surface area contributed by atoms with Gasteiger partial charge in [-0.1, -0.05) is 12.1 Å². The van der Waals surface area contributed by atoms with E-state index in [0.717, 1.165) is 49.9 Å². The number of nitrogens with zero attached hydrogens (tertiary/aromatic N) is 2. The smallest absolute Gasteiger partial charge is 0.191 e. The topological polar surface area (TPSA) is 58.1 Å². The van der Waals surface area contributed by atoms with Crippen molar-refractivity contribution < 1.29 is 9.47 Å². The Morgan fingerprint density at radius 1 is 1.32 bits per heavy atom. The van der Waals surface area contributed by atoms with Crippen molar-refractivity contribution in [2.45, 2.75) is 39.3 Å². The predicted octanol–water partition coefficient (Wildman–Crippen LogP) is 2.79. The lowest BCUT2D eigenvalue weighted by molar-refractivity contribution is 0.140. The van der Waals surface area contributed by atoms with Crippen LogP contribution in [0.1, 0.15) is 30.9 Å². The molecule has 2 aliphatic rings. The first kappa shape index (κ1) is 23.2. The number of rotatable bonds is 7. The van der Waals surface area contributed by atoms with Crippen molar-refractivity contribution in [1.82, 2.24) is 15.5 Å². The van der Waals surface area contributed by atoms with Crippen LogP contribution in [0.15, 0.2) is 23.2 Å². The standard InChI is InChI=1S/C21H34N4O2.HI/c1-4-22-21(23-12-17-7-9-25(3)14-17)24-13-18-6-5-16(2)11-20(18)27-19-8-10-26-15-19;/h5-6,11,17,19H,4,7-10,12-15H2,1-3H3,(H2,22,23,24);1H. The van der Waals surface area contributed by atoms with Gasteiger partial charge in [-0.25, -0.2) is 4.99 Å². The molecule has 7 heteroatoms. The van der Waals surface area contributed by atoms with Gasteiger partial charge in [0.05, 0.1) is 19.8 Å². The highest BCUT2D eigenvalue weighted by Crippen LogP contribution is 2.24. The summed E-state index contributed by atoms with van der Waals surface area (Å²) in [5, 5.41) is 6.87. The molecule has 1 aromatic rings. The SMILES string of the molecule is CCNC(=NCc1ccc(C)cc1OC1CCOC1)NCC1CCN(C)C1.I. The second kappa shape index (κ2) is 11.8. The molecule has 2 fully saturated rings. The molecule has 0 bridgehead atoms. The lowest BCUT2D eigenvalue weighted by Crippen LogP contribution is -2.40. The van der Waals surface area contributed by atoms with Crippen LogP contribution in [0.2, 0.25) is 0 Å². The van der Waals surface area contributed by atoms with Crippen molar-refractivity contribution in [3.05, 3.63) is 29.3 Å². The number of aliphatic imine (C=N–C) groups is 1. The summed E-state index contributed by atoms with van der Waals surface area (Å²) < 4.78 is 11.6. The highest BCUT2D eigenvalue weighted by Gasteiger charge is 2.20. The summed E-state index contributed by atoms with van der Waals surface area (Å²) in [5.74, 6) is 2.50. The molecule has 2 N–H and O–H groups in total. The molecule has 158 valence electrons. The Kier molecular flexibility index (Phi) is 9.81. The number of ether oxygens (including phenoxy) is 2. The molecule has 0 saturated carbocycles. The van der Waals surface area contributed by atoms with Gasteiger partial charge in [0.15, 0.2) is 5.96 Å². The molecule has 2 heterocycles. The monoisotopic (exact) mass is 502 g/mol. The molecule has 2 atom stereocenters. The third-order valence-electron chi connectivity index (χ3n) is 5.20. The summed E-state index contributed by atoms with van der Waals surface area (Å²) in [6, 6.07) is 6.36. The Morgan fingerprint density at radius 3 is 2.86 bits per heavy atom. The second-order valence-electron chi connectivity index (χ2n) is 7.71. The number of nitrogens with one attached hydrogen (secondary N) is 2. The minimum atomic E-state index is 0. The first-order chi connectivity index (χ1) is 13.1. The third kappa shape index (κ3) is 7.08. The minimum absolute atomic E-state index is 0. The molecule has 0 aliphatic carbocycles. The average Bonchev–Trinajstić information content (AvgIpc) is 3.30. The van der Waals surface area contributed by atoms with Gasteiger partial charge in [-0.05, 0) is 51.4 Å². The number of hydrogen-bond acceptors (Lipinski definition) is 4. The van der Waals surface area contributed by atoms with Crippen LogP contribution < -0.4 is 15.4 Å². The van der Waals surface area contributed by atoms with Crippen molar-refractivity contribution in [3.63, 3.8) is 0 Å². The van der Waals surface area contributed by atoms with Crippen LogP contribution in [0, 0.1) is 12.8 Å². The Hall–Kier alpha value is -1.06. The van der Waals surface area contributed by atoms with E-state index >= 15 is 0 Å². The number of aryl methyl sites for hydroxylation is 1. The summed E-state index contributed by atoms with van der Waals surface area (Å²) in [7, 11) is 2.19. The third-order valence-corrected chi connectivity index (χ3v) is 5.20. The summed E-state index contributed by atoms with van der Waals surface area (Å²) in [4.78, 5) is 7.19. The van der Waals surface area contributed by atoms with Crippen molar-refractivity contribution in [3.8, 4) is 5.75 Å². The maximum atomic E-state index is 6.19. The van der Waals surface area contributed by atoms with E-state index in [4.69, 9.17) is 14.5 Å². The number of hydrogen-bond donors (Lipinski definition) is 2. The highest BCUT2D eigenvalue weighted by molar-refractivity contribution is 14.0. The molecular formula is C21H35IN4O2. The van der Waals surface area contributed by atoms with E-state index in [2.05, 4.69) is 54.6 Å². The Bertz CT molecular complexity index is 635. The summed E-state index contributed by atoms with van der Waals surface area (Å²) >= 11 is 0. The van der Waals surface area contributed by atoms with Crippen molar-refractivity contribution >= 4 is 29.9 Å². The highest BCUT2D eigenvalue weighted by atomic mass is 127. The van der Waals surface area contributed by atoms with Gasteiger partial charge in [-0.3, -0.25) is 0 Å². The maximum Gasteiger partial charge on any atom is 0.191 e. The molecule has 0 aromatic heterocycles. The Balaban J connectivity index is 0.00000280. The van der Waals surface area contributed by atoms with Gasteiger partial charge in [0, 0.05) is 31.6 Å². The molecule has 0 radical (unpaired) electrons. The van der Waals surface area contributed by atoms with Crippen LogP contribution in [-0.2, 0) is 11.3 Å². The van der Waals surface area contributed by atoms with Crippen molar-refractivity contribution in [1.29, 1.82) is 0 Å². The number of guanidine groups is 1. The molecule has 28 heavy (non-hydrogen) atoms. The van der Waals surface area contributed by atoms with E-state index in [-0.39, 0.29) is 30.1 Å². The van der Waals surface area contributed by atoms with E-state index in [1.165, 1.54) is 18.5 Å². The first-order valence-electron chi connectivity index (χ1n) is 10.2. The molecule has 3 rings (SSSR count). The zero-order valence-electron chi connectivity index (χ0n) is 17.4. The fraction of sp³-hybridized carbons (Fsp3) is 0.667. The van der Waals surface area contributed by atoms with Crippen LogP contribution in [-0.4, -0.2) is 63.4 Å². The van der Waals surface area contributed by atoms with E-state index in [1.807, 2.05) is 0 Å². The van der Waals surface area contributed by atoms with Crippen LogP contribution >= 0.6 is 24.0 Å². The minimum Gasteiger partial charge on any atom is -0.488 e. The molecule has 0 spiro atoms. The molecular weight excluding hydrogens is 467 g/mol. The zero-order chi connectivity index (χ0) is 19.1. The maximum absolute atomic E-state index is 6.19. The normalized spacial score (nSPS) is 22.8. The average molecular weight is 502 g/mol. The van der Waals surface area contributed by atoms with Crippen LogP contribution in [0.4, 0.5) is 0 Å². The van der Waals surface area contributed by atoms with E-state index < -0.39 is 0 Å². The predicted molar refractivity (Wildman–Crippen MR) is 125 cm³/mol. The largest absolute Gasteiger partial charge is 0.488 e. The van der Waals surface area contributed by atoms with Crippen LogP contribution in [0.3, 0.4) is 0 Å². The Labute approximate surface area is 186 Å². The lowest BCUT2D eigenvalue weighted by atomic mass is 10.1. The van der Waals surface area contributed by atoms with E-state index in [0.29, 0.717) is 19.1 Å². The van der Waals surface area contributed by atoms with Crippen LogP contribution in [0.25, 0.3) is 0 Å². The van der Waals surface area contributed by atoms with Gasteiger partial charge < -0.3 is 25.0 Å². The summed E-state index contributed by atoms with van der Waals surface area (Å²) in [5.41, 5.74) is 2.32. The quantitative estimate of drug-likeness (QED) is 0.341. The summed E-state index contributed by atoms with van der Waals surface area (Å²) in [6.45, 7) is 10.4. The fourth-order valence-corrected chi connectivity index (χ4v) is 3.63. The number of benzene rings is 1. The zero-order valence-corrected chi connectivity index (χ0v) is 19.7. The van der Waals surface area contributed by atoms with Gasteiger partial charge in [-0.2, -0.15) is 0 Å². The number of halogens is 1. The lowest BCUT2D eigenvalue weighted by Gasteiger charge is -2.17.